The normalized spacial score (nSPS) is 11.5. The molecule has 0 saturated heterocycles. The van der Waals surface area contributed by atoms with Gasteiger partial charge in [-0.15, -0.1) is 0 Å². The minimum Gasteiger partial charge on any atom is -0.495 e. The summed E-state index contributed by atoms with van der Waals surface area (Å²) in [5.41, 5.74) is 0.168. The lowest BCUT2D eigenvalue weighted by Gasteiger charge is -2.15. The lowest BCUT2D eigenvalue weighted by molar-refractivity contribution is -0.0498. The number of ether oxygens (including phenoxy) is 2. The number of alkyl halides is 2. The molecule has 0 aliphatic rings. The molecule has 0 aliphatic heterocycles. The molecule has 0 unspecified atom stereocenters. The van der Waals surface area contributed by atoms with E-state index in [9.17, 15) is 22.0 Å². The molecule has 27 heavy (non-hydrogen) atoms. The van der Waals surface area contributed by atoms with Crippen LogP contribution in [0.25, 0.3) is 0 Å². The number of rotatable bonds is 7. The third kappa shape index (κ3) is 4.92. The van der Waals surface area contributed by atoms with Crippen LogP contribution >= 0.6 is 0 Å². The van der Waals surface area contributed by atoms with Gasteiger partial charge in [0.1, 0.15) is 11.5 Å². The second-order valence-electron chi connectivity index (χ2n) is 5.51. The molecule has 2 aromatic carbocycles. The van der Waals surface area contributed by atoms with E-state index in [-0.39, 0.29) is 27.6 Å². The van der Waals surface area contributed by atoms with Crippen LogP contribution in [0.15, 0.2) is 47.4 Å². The Labute approximate surface area is 155 Å². The number of halogens is 2. The van der Waals surface area contributed by atoms with Crippen molar-refractivity contribution in [2.24, 2.45) is 0 Å². The highest BCUT2D eigenvalue weighted by atomic mass is 32.2. The summed E-state index contributed by atoms with van der Waals surface area (Å²) in [6, 6.07) is 9.23. The number of anilines is 1. The van der Waals surface area contributed by atoms with Crippen molar-refractivity contribution in [3.63, 3.8) is 0 Å². The van der Waals surface area contributed by atoms with Crippen molar-refractivity contribution in [3.8, 4) is 11.5 Å². The molecule has 2 aromatic rings. The monoisotopic (exact) mass is 400 g/mol. The highest BCUT2D eigenvalue weighted by Gasteiger charge is 2.20. The fourth-order valence-electron chi connectivity index (χ4n) is 2.16. The number of benzene rings is 2. The first-order chi connectivity index (χ1) is 12.6. The molecule has 0 bridgehead atoms. The number of carbonyl (C=O) groups is 1. The molecule has 0 heterocycles. The molecule has 0 aromatic heterocycles. The van der Waals surface area contributed by atoms with Gasteiger partial charge in [0, 0.05) is 19.7 Å². The largest absolute Gasteiger partial charge is 0.495 e. The van der Waals surface area contributed by atoms with Gasteiger partial charge in [0.25, 0.3) is 5.91 Å². The van der Waals surface area contributed by atoms with Gasteiger partial charge >= 0.3 is 6.61 Å². The lowest BCUT2D eigenvalue weighted by atomic mass is 10.2. The number of sulfonamides is 1. The van der Waals surface area contributed by atoms with Crippen molar-refractivity contribution in [2.45, 2.75) is 11.5 Å². The molecule has 2 rings (SSSR count). The SMILES string of the molecule is COc1ccc(S(=O)(=O)N(C)C)cc1NC(=O)c1cccc(OC(F)F)c1. The molecular weight excluding hydrogens is 382 g/mol. The highest BCUT2D eigenvalue weighted by molar-refractivity contribution is 7.89. The van der Waals surface area contributed by atoms with Crippen LogP contribution in [-0.2, 0) is 10.0 Å². The van der Waals surface area contributed by atoms with E-state index in [1.54, 1.807) is 0 Å². The lowest BCUT2D eigenvalue weighted by Crippen LogP contribution is -2.22. The third-order valence-electron chi connectivity index (χ3n) is 3.52. The maximum absolute atomic E-state index is 12.4. The van der Waals surface area contributed by atoms with Crippen LogP contribution < -0.4 is 14.8 Å². The predicted molar refractivity (Wildman–Crippen MR) is 94.9 cm³/mol. The summed E-state index contributed by atoms with van der Waals surface area (Å²) >= 11 is 0. The molecule has 146 valence electrons. The second kappa shape index (κ2) is 8.31. The fourth-order valence-corrected chi connectivity index (χ4v) is 3.09. The van der Waals surface area contributed by atoms with Crippen LogP contribution in [0.1, 0.15) is 10.4 Å². The van der Waals surface area contributed by atoms with Gasteiger partial charge in [0.05, 0.1) is 17.7 Å². The van der Waals surface area contributed by atoms with Crippen LogP contribution in [0, 0.1) is 0 Å². The average Bonchev–Trinajstić information content (AvgIpc) is 2.61. The van der Waals surface area contributed by atoms with Gasteiger partial charge in [-0.05, 0) is 36.4 Å². The van der Waals surface area contributed by atoms with Gasteiger partial charge in [-0.1, -0.05) is 6.07 Å². The first-order valence-corrected chi connectivity index (χ1v) is 9.06. The Morgan fingerprint density at radius 2 is 1.85 bits per heavy atom. The quantitative estimate of drug-likeness (QED) is 0.773. The zero-order valence-corrected chi connectivity index (χ0v) is 15.6. The number of nitrogens with zero attached hydrogens (tertiary/aromatic N) is 1. The van der Waals surface area contributed by atoms with E-state index >= 15 is 0 Å². The molecule has 1 N–H and O–H groups in total. The summed E-state index contributed by atoms with van der Waals surface area (Å²) in [5, 5.41) is 2.52. The standard InChI is InChI=1S/C17H18F2N2O5S/c1-21(2)27(23,24)13-7-8-15(25-3)14(10-13)20-16(22)11-5-4-6-12(9-11)26-17(18)19/h4-10,17H,1-3H3,(H,20,22). The molecule has 0 radical (unpaired) electrons. The van der Waals surface area contributed by atoms with Gasteiger partial charge in [-0.3, -0.25) is 4.79 Å². The number of nitrogens with one attached hydrogen (secondary N) is 1. The van der Waals surface area contributed by atoms with Crippen molar-refractivity contribution in [1.29, 1.82) is 0 Å². The summed E-state index contributed by atoms with van der Waals surface area (Å²) in [6.45, 7) is -3.02. The van der Waals surface area contributed by atoms with Crippen molar-refractivity contribution >= 4 is 21.6 Å². The smallest absolute Gasteiger partial charge is 0.387 e. The van der Waals surface area contributed by atoms with E-state index in [4.69, 9.17) is 4.74 Å². The summed E-state index contributed by atoms with van der Waals surface area (Å²) in [6.07, 6.45) is 0. The van der Waals surface area contributed by atoms with Crippen molar-refractivity contribution in [2.75, 3.05) is 26.5 Å². The number of methoxy groups -OCH3 is 1. The number of amides is 1. The van der Waals surface area contributed by atoms with Crippen LogP contribution in [-0.4, -0.2) is 46.4 Å². The Kier molecular flexibility index (Phi) is 6.34. The summed E-state index contributed by atoms with van der Waals surface area (Å²) in [4.78, 5) is 12.4. The Bertz CT molecular complexity index is 933. The molecule has 1 amide bonds. The number of hydrogen-bond donors (Lipinski definition) is 1. The maximum Gasteiger partial charge on any atom is 0.387 e. The minimum absolute atomic E-state index is 0.0432. The van der Waals surface area contributed by atoms with Crippen LogP contribution in [0.4, 0.5) is 14.5 Å². The van der Waals surface area contributed by atoms with Crippen LogP contribution in [0.3, 0.4) is 0 Å². The molecule has 0 fully saturated rings. The molecule has 10 heteroatoms. The van der Waals surface area contributed by atoms with Gasteiger partial charge in [-0.25, -0.2) is 12.7 Å². The van der Waals surface area contributed by atoms with Crippen molar-refractivity contribution in [3.05, 3.63) is 48.0 Å². The minimum atomic E-state index is -3.72. The van der Waals surface area contributed by atoms with E-state index in [2.05, 4.69) is 10.1 Å². The van der Waals surface area contributed by atoms with E-state index in [0.717, 1.165) is 10.4 Å². The Morgan fingerprint density at radius 3 is 2.44 bits per heavy atom. The Balaban J connectivity index is 2.34. The van der Waals surface area contributed by atoms with Gasteiger partial charge in [0.2, 0.25) is 10.0 Å². The topological polar surface area (TPSA) is 84.9 Å². The molecule has 0 atom stereocenters. The Morgan fingerprint density at radius 1 is 1.15 bits per heavy atom. The summed E-state index contributed by atoms with van der Waals surface area (Å²) in [5.74, 6) is -0.581. The van der Waals surface area contributed by atoms with E-state index in [1.807, 2.05) is 0 Å². The van der Waals surface area contributed by atoms with Crippen molar-refractivity contribution in [1.82, 2.24) is 4.31 Å². The number of carbonyl (C=O) groups excluding carboxylic acids is 1. The zero-order chi connectivity index (χ0) is 20.2. The first kappa shape index (κ1) is 20.6. The van der Waals surface area contributed by atoms with Crippen LogP contribution in [0.2, 0.25) is 0 Å². The molecule has 0 spiro atoms. The van der Waals surface area contributed by atoms with Crippen LogP contribution in [0.5, 0.6) is 11.5 Å². The molecule has 0 aliphatic carbocycles. The van der Waals surface area contributed by atoms with Gasteiger partial charge < -0.3 is 14.8 Å². The molecule has 7 nitrogen and oxygen atoms in total. The van der Waals surface area contributed by atoms with E-state index < -0.39 is 22.5 Å². The van der Waals surface area contributed by atoms with E-state index in [0.29, 0.717) is 0 Å². The summed E-state index contributed by atoms with van der Waals surface area (Å²) < 4.78 is 59.6. The molecule has 0 saturated carbocycles. The summed E-state index contributed by atoms with van der Waals surface area (Å²) in [7, 11) is 0.404. The fraction of sp³-hybridized carbons (Fsp3) is 0.235. The van der Waals surface area contributed by atoms with Gasteiger partial charge in [-0.2, -0.15) is 8.78 Å². The first-order valence-electron chi connectivity index (χ1n) is 7.62. The van der Waals surface area contributed by atoms with E-state index in [1.165, 1.54) is 57.6 Å². The third-order valence-corrected chi connectivity index (χ3v) is 5.33. The molecular formula is C17H18F2N2O5S. The average molecular weight is 400 g/mol. The zero-order valence-electron chi connectivity index (χ0n) is 14.8. The highest BCUT2D eigenvalue weighted by Crippen LogP contribution is 2.29. The Hall–Kier alpha value is -2.72. The van der Waals surface area contributed by atoms with Gasteiger partial charge in [0.15, 0.2) is 0 Å². The predicted octanol–water partition coefficient (Wildman–Crippen LogP) is 2.80. The second-order valence-corrected chi connectivity index (χ2v) is 7.66. The van der Waals surface area contributed by atoms with Crippen molar-refractivity contribution < 1.29 is 31.5 Å². The maximum atomic E-state index is 12.4. The number of hydrogen-bond acceptors (Lipinski definition) is 5.